The second-order valence-electron chi connectivity index (χ2n) is 2.43. The Morgan fingerprint density at radius 1 is 1.25 bits per heavy atom. The quantitative estimate of drug-likeness (QED) is 0.679. The summed E-state index contributed by atoms with van der Waals surface area (Å²) in [5.74, 6) is 0.900. The Morgan fingerprint density at radius 2 is 2.08 bits per heavy atom. The summed E-state index contributed by atoms with van der Waals surface area (Å²) in [5.41, 5.74) is 1.14. The maximum Gasteiger partial charge on any atom is 0.119 e. The van der Waals surface area contributed by atoms with Crippen LogP contribution in [0.15, 0.2) is 30.5 Å². The molecule has 3 nitrogen and oxygen atoms in total. The molecule has 2 rings (SSSR count). The van der Waals surface area contributed by atoms with Gasteiger partial charge in [-0.1, -0.05) is 0 Å². The summed E-state index contributed by atoms with van der Waals surface area (Å²) in [7, 11) is 1.67. The predicted molar refractivity (Wildman–Crippen MR) is 49.9 cm³/mol. The van der Waals surface area contributed by atoms with Crippen LogP contribution >= 0.6 is 0 Å². The SMILES string of the molecule is COc1ccc2[nH]ccc2c1.N. The van der Waals surface area contributed by atoms with Gasteiger partial charge in [0.25, 0.3) is 0 Å². The molecule has 3 heteroatoms. The Kier molecular flexibility index (Phi) is 2.35. The van der Waals surface area contributed by atoms with Crippen LogP contribution in [0.5, 0.6) is 5.75 Å². The molecule has 4 N–H and O–H groups in total. The first-order valence-corrected chi connectivity index (χ1v) is 3.51. The van der Waals surface area contributed by atoms with Gasteiger partial charge in [-0.3, -0.25) is 0 Å². The van der Waals surface area contributed by atoms with Gasteiger partial charge in [-0.2, -0.15) is 0 Å². The number of hydrogen-bond acceptors (Lipinski definition) is 2. The van der Waals surface area contributed by atoms with Crippen molar-refractivity contribution in [3.8, 4) is 5.75 Å². The fourth-order valence-corrected chi connectivity index (χ4v) is 1.16. The molecule has 0 amide bonds. The number of aromatic nitrogens is 1. The summed E-state index contributed by atoms with van der Waals surface area (Å²) in [6, 6.07) is 7.98. The molecule has 1 aromatic carbocycles. The number of fused-ring (bicyclic) bond motifs is 1. The number of H-pyrrole nitrogens is 1. The van der Waals surface area contributed by atoms with Crippen LogP contribution in [0.4, 0.5) is 0 Å². The fourth-order valence-electron chi connectivity index (χ4n) is 1.16. The molecule has 1 aromatic heterocycles. The average molecular weight is 164 g/mol. The van der Waals surface area contributed by atoms with E-state index >= 15 is 0 Å². The van der Waals surface area contributed by atoms with E-state index in [2.05, 4.69) is 4.98 Å². The van der Waals surface area contributed by atoms with Crippen molar-refractivity contribution < 1.29 is 4.74 Å². The predicted octanol–water partition coefficient (Wildman–Crippen LogP) is 2.34. The summed E-state index contributed by atoms with van der Waals surface area (Å²) in [5, 5.41) is 1.18. The first-order valence-electron chi connectivity index (χ1n) is 3.51. The zero-order valence-corrected chi connectivity index (χ0v) is 7.00. The van der Waals surface area contributed by atoms with Gasteiger partial charge in [-0.25, -0.2) is 0 Å². The van der Waals surface area contributed by atoms with Crippen molar-refractivity contribution in [2.75, 3.05) is 7.11 Å². The van der Waals surface area contributed by atoms with Gasteiger partial charge >= 0.3 is 0 Å². The van der Waals surface area contributed by atoms with E-state index in [1.54, 1.807) is 7.11 Å². The fraction of sp³-hybridized carbons (Fsp3) is 0.111. The molecule has 0 aliphatic rings. The molecule has 2 aromatic rings. The van der Waals surface area contributed by atoms with Crippen LogP contribution in [-0.4, -0.2) is 12.1 Å². The van der Waals surface area contributed by atoms with Crippen LogP contribution in [0, 0.1) is 0 Å². The summed E-state index contributed by atoms with van der Waals surface area (Å²) < 4.78 is 5.08. The monoisotopic (exact) mass is 164 g/mol. The molecule has 64 valence electrons. The lowest BCUT2D eigenvalue weighted by Gasteiger charge is -1.97. The topological polar surface area (TPSA) is 60.0 Å². The van der Waals surface area contributed by atoms with Gasteiger partial charge in [0.05, 0.1) is 7.11 Å². The largest absolute Gasteiger partial charge is 0.497 e. The lowest BCUT2D eigenvalue weighted by atomic mass is 10.2. The normalized spacial score (nSPS) is 9.42. The first-order chi connectivity index (χ1) is 5.40. The van der Waals surface area contributed by atoms with E-state index in [0.29, 0.717) is 0 Å². The third-order valence-corrected chi connectivity index (χ3v) is 1.76. The van der Waals surface area contributed by atoms with E-state index in [9.17, 15) is 0 Å². The van der Waals surface area contributed by atoms with E-state index in [1.807, 2.05) is 30.5 Å². The van der Waals surface area contributed by atoms with Crippen molar-refractivity contribution in [2.24, 2.45) is 0 Å². The van der Waals surface area contributed by atoms with Crippen molar-refractivity contribution in [1.29, 1.82) is 0 Å². The number of hydrogen-bond donors (Lipinski definition) is 2. The molecule has 0 bridgehead atoms. The summed E-state index contributed by atoms with van der Waals surface area (Å²) >= 11 is 0. The smallest absolute Gasteiger partial charge is 0.119 e. The second-order valence-corrected chi connectivity index (χ2v) is 2.43. The van der Waals surface area contributed by atoms with Crippen molar-refractivity contribution in [3.05, 3.63) is 30.5 Å². The molecular weight excluding hydrogens is 152 g/mol. The van der Waals surface area contributed by atoms with Gasteiger partial charge in [0.1, 0.15) is 5.75 Å². The highest BCUT2D eigenvalue weighted by Gasteiger charge is 1.94. The van der Waals surface area contributed by atoms with E-state index in [4.69, 9.17) is 4.74 Å². The number of nitrogens with one attached hydrogen (secondary N) is 1. The summed E-state index contributed by atoms with van der Waals surface area (Å²) in [6.07, 6.45) is 1.92. The number of aromatic amines is 1. The highest BCUT2D eigenvalue weighted by atomic mass is 16.5. The van der Waals surface area contributed by atoms with Crippen LogP contribution in [0.2, 0.25) is 0 Å². The van der Waals surface area contributed by atoms with Crippen LogP contribution in [0.3, 0.4) is 0 Å². The Morgan fingerprint density at radius 3 is 2.83 bits per heavy atom. The average Bonchev–Trinajstić information content (AvgIpc) is 2.50. The molecule has 0 atom stereocenters. The number of methoxy groups -OCH3 is 1. The van der Waals surface area contributed by atoms with Gasteiger partial charge in [-0.05, 0) is 24.3 Å². The first kappa shape index (κ1) is 8.62. The van der Waals surface area contributed by atoms with Crippen LogP contribution < -0.4 is 10.9 Å². The van der Waals surface area contributed by atoms with Crippen molar-refractivity contribution in [1.82, 2.24) is 11.1 Å². The number of rotatable bonds is 1. The van der Waals surface area contributed by atoms with Gasteiger partial charge in [0.2, 0.25) is 0 Å². The second kappa shape index (κ2) is 3.28. The minimum absolute atomic E-state index is 0. The lowest BCUT2D eigenvalue weighted by Crippen LogP contribution is -1.80. The Labute approximate surface area is 70.9 Å². The number of ether oxygens (including phenoxy) is 1. The summed E-state index contributed by atoms with van der Waals surface area (Å²) in [6.45, 7) is 0. The van der Waals surface area contributed by atoms with Crippen molar-refractivity contribution in [2.45, 2.75) is 0 Å². The molecule has 0 aliphatic carbocycles. The molecule has 12 heavy (non-hydrogen) atoms. The van der Waals surface area contributed by atoms with E-state index in [-0.39, 0.29) is 6.15 Å². The molecule has 0 saturated heterocycles. The zero-order valence-electron chi connectivity index (χ0n) is 7.00. The minimum atomic E-state index is 0. The zero-order chi connectivity index (χ0) is 7.68. The molecule has 0 fully saturated rings. The molecular formula is C9H12N2O. The van der Waals surface area contributed by atoms with E-state index in [0.717, 1.165) is 11.3 Å². The highest BCUT2D eigenvalue weighted by molar-refractivity contribution is 5.80. The van der Waals surface area contributed by atoms with E-state index < -0.39 is 0 Å². The standard InChI is InChI=1S/C9H9NO.H3N/c1-11-8-2-3-9-7(6-8)4-5-10-9;/h2-6,10H,1H3;1H3. The maximum atomic E-state index is 5.08. The van der Waals surface area contributed by atoms with Crippen LogP contribution in [-0.2, 0) is 0 Å². The molecule has 1 heterocycles. The van der Waals surface area contributed by atoms with E-state index in [1.165, 1.54) is 5.39 Å². The van der Waals surface area contributed by atoms with Crippen LogP contribution in [0.25, 0.3) is 10.9 Å². The highest BCUT2D eigenvalue weighted by Crippen LogP contribution is 2.18. The Bertz CT molecular complexity index is 367. The molecule has 0 unspecified atom stereocenters. The van der Waals surface area contributed by atoms with Crippen molar-refractivity contribution in [3.63, 3.8) is 0 Å². The lowest BCUT2D eigenvalue weighted by molar-refractivity contribution is 0.415. The van der Waals surface area contributed by atoms with Crippen LogP contribution in [0.1, 0.15) is 0 Å². The Balaban J connectivity index is 0.000000720. The third kappa shape index (κ3) is 1.26. The maximum absolute atomic E-state index is 5.08. The molecule has 0 aliphatic heterocycles. The third-order valence-electron chi connectivity index (χ3n) is 1.76. The number of benzene rings is 1. The van der Waals surface area contributed by atoms with Gasteiger partial charge in [0, 0.05) is 17.1 Å². The summed E-state index contributed by atoms with van der Waals surface area (Å²) in [4.78, 5) is 3.12. The van der Waals surface area contributed by atoms with Gasteiger partial charge in [0.15, 0.2) is 0 Å². The van der Waals surface area contributed by atoms with Gasteiger partial charge < -0.3 is 15.9 Å². The minimum Gasteiger partial charge on any atom is -0.497 e. The molecule has 0 radical (unpaired) electrons. The molecule has 0 saturated carbocycles. The van der Waals surface area contributed by atoms with Crippen molar-refractivity contribution >= 4 is 10.9 Å². The Hall–Kier alpha value is -1.48. The molecule has 0 spiro atoms. The van der Waals surface area contributed by atoms with Gasteiger partial charge in [-0.15, -0.1) is 0 Å².